The first-order valence-corrected chi connectivity index (χ1v) is 7.03. The molecule has 0 aromatic rings. The number of aliphatic hydroxyl groups excluding tert-OH is 6. The first kappa shape index (κ1) is 22.4. The fourth-order valence-electron chi connectivity index (χ4n) is 1.25. The number of carbonyl (C=O) groups excluding carboxylic acids is 2. The summed E-state index contributed by atoms with van der Waals surface area (Å²) in [6, 6.07) is 0. The summed E-state index contributed by atoms with van der Waals surface area (Å²) in [5, 5.41) is 54.4. The molecule has 0 aromatic carbocycles. The van der Waals surface area contributed by atoms with Crippen LogP contribution in [0, 0.1) is 10.8 Å². The van der Waals surface area contributed by atoms with Gasteiger partial charge < -0.3 is 40.1 Å². The van der Waals surface area contributed by atoms with Crippen LogP contribution in [0.25, 0.3) is 0 Å². The van der Waals surface area contributed by atoms with Crippen LogP contribution in [0.3, 0.4) is 0 Å². The van der Waals surface area contributed by atoms with Crippen molar-refractivity contribution in [2.75, 3.05) is 52.9 Å². The fourth-order valence-corrected chi connectivity index (χ4v) is 1.25. The summed E-state index contributed by atoms with van der Waals surface area (Å²) in [6.07, 6.45) is 1.47. The highest BCUT2D eigenvalue weighted by molar-refractivity contribution is 5.91. The Balaban J connectivity index is 4.42. The number of carbonyl (C=O) groups is 2. The first-order valence-electron chi connectivity index (χ1n) is 7.03. The number of hydrogen-bond donors (Lipinski definition) is 6. The summed E-state index contributed by atoms with van der Waals surface area (Å²) in [5.74, 6) is -1.94. The van der Waals surface area contributed by atoms with E-state index in [2.05, 4.69) is 0 Å². The van der Waals surface area contributed by atoms with Crippen LogP contribution in [-0.4, -0.2) is 95.4 Å². The average molecular weight is 352 g/mol. The average Bonchev–Trinajstić information content (AvgIpc) is 2.63. The molecule has 0 amide bonds. The van der Waals surface area contributed by atoms with Crippen molar-refractivity contribution in [2.45, 2.75) is 0 Å². The van der Waals surface area contributed by atoms with E-state index in [0.717, 1.165) is 12.2 Å². The minimum Gasteiger partial charge on any atom is -0.462 e. The molecule has 0 bridgehead atoms. The highest BCUT2D eigenvalue weighted by Crippen LogP contribution is 2.16. The molecule has 0 fully saturated rings. The fraction of sp³-hybridized carbons (Fsp3) is 0.714. The summed E-state index contributed by atoms with van der Waals surface area (Å²) < 4.78 is 9.41. The van der Waals surface area contributed by atoms with Crippen LogP contribution in [-0.2, 0) is 19.1 Å². The van der Waals surface area contributed by atoms with Crippen LogP contribution in [0.1, 0.15) is 0 Å². The largest absolute Gasteiger partial charge is 0.462 e. The Morgan fingerprint density at radius 3 is 1.08 bits per heavy atom. The lowest BCUT2D eigenvalue weighted by Crippen LogP contribution is -2.39. The third-order valence-corrected chi connectivity index (χ3v) is 3.41. The number of ether oxygens (including phenoxy) is 2. The maximum absolute atomic E-state index is 11.4. The Morgan fingerprint density at radius 1 is 0.625 bits per heavy atom. The standard InChI is InChI=1S/C14H24O10/c15-3-13(4-16,5-17)9-23-11(21)1-2-12(22)24-10-14(6-18,7-19)8-20/h1-2,15-20H,3-10H2. The molecule has 0 spiro atoms. The Bertz CT molecular complexity index is 357. The van der Waals surface area contributed by atoms with E-state index >= 15 is 0 Å². The number of aliphatic hydroxyl groups is 6. The van der Waals surface area contributed by atoms with E-state index in [1.54, 1.807) is 0 Å². The van der Waals surface area contributed by atoms with Crippen molar-refractivity contribution in [1.82, 2.24) is 0 Å². The van der Waals surface area contributed by atoms with Crippen molar-refractivity contribution < 1.29 is 49.7 Å². The molecule has 0 radical (unpaired) electrons. The molecule has 0 aliphatic heterocycles. The van der Waals surface area contributed by atoms with Crippen molar-refractivity contribution in [1.29, 1.82) is 0 Å². The van der Waals surface area contributed by atoms with Crippen LogP contribution >= 0.6 is 0 Å². The van der Waals surface area contributed by atoms with Gasteiger partial charge in [0, 0.05) is 12.2 Å². The maximum atomic E-state index is 11.4. The van der Waals surface area contributed by atoms with Gasteiger partial charge in [0.1, 0.15) is 13.2 Å². The van der Waals surface area contributed by atoms with Crippen molar-refractivity contribution in [3.63, 3.8) is 0 Å². The second-order valence-corrected chi connectivity index (χ2v) is 5.50. The van der Waals surface area contributed by atoms with E-state index in [1.807, 2.05) is 0 Å². The van der Waals surface area contributed by atoms with Gasteiger partial charge in [-0.1, -0.05) is 0 Å². The van der Waals surface area contributed by atoms with E-state index in [9.17, 15) is 9.59 Å². The molecule has 24 heavy (non-hydrogen) atoms. The second-order valence-electron chi connectivity index (χ2n) is 5.50. The molecule has 0 aliphatic carbocycles. The monoisotopic (exact) mass is 352 g/mol. The van der Waals surface area contributed by atoms with Gasteiger partial charge in [0.25, 0.3) is 0 Å². The summed E-state index contributed by atoms with van der Waals surface area (Å²) >= 11 is 0. The van der Waals surface area contributed by atoms with Crippen LogP contribution in [0.2, 0.25) is 0 Å². The van der Waals surface area contributed by atoms with Gasteiger partial charge in [-0.05, 0) is 0 Å². The summed E-state index contributed by atoms with van der Waals surface area (Å²) in [7, 11) is 0. The zero-order valence-electron chi connectivity index (χ0n) is 13.1. The van der Waals surface area contributed by atoms with Crippen molar-refractivity contribution in [3.8, 4) is 0 Å². The van der Waals surface area contributed by atoms with Gasteiger partial charge in [-0.2, -0.15) is 0 Å². The van der Waals surface area contributed by atoms with E-state index in [4.69, 9.17) is 40.1 Å². The summed E-state index contributed by atoms with van der Waals surface area (Å²) in [4.78, 5) is 22.9. The topological polar surface area (TPSA) is 174 Å². The van der Waals surface area contributed by atoms with Gasteiger partial charge in [-0.25, -0.2) is 9.59 Å². The Hall–Kier alpha value is -1.56. The highest BCUT2D eigenvalue weighted by atomic mass is 16.5. The molecule has 6 N–H and O–H groups in total. The molecule has 0 rings (SSSR count). The third-order valence-electron chi connectivity index (χ3n) is 3.41. The smallest absolute Gasteiger partial charge is 0.331 e. The molecule has 140 valence electrons. The Kier molecular flexibility index (Phi) is 10.4. The van der Waals surface area contributed by atoms with Crippen LogP contribution in [0.15, 0.2) is 12.2 Å². The molecule has 0 unspecified atom stereocenters. The van der Waals surface area contributed by atoms with Gasteiger partial charge in [-0.15, -0.1) is 0 Å². The van der Waals surface area contributed by atoms with Gasteiger partial charge >= 0.3 is 11.9 Å². The molecule has 0 heterocycles. The lowest BCUT2D eigenvalue weighted by atomic mass is 9.92. The molecular weight excluding hydrogens is 328 g/mol. The molecule has 0 aliphatic rings. The van der Waals surface area contributed by atoms with Crippen LogP contribution in [0.4, 0.5) is 0 Å². The van der Waals surface area contributed by atoms with Crippen molar-refractivity contribution in [3.05, 3.63) is 12.2 Å². The molecule has 10 nitrogen and oxygen atoms in total. The minimum atomic E-state index is -1.38. The number of hydrogen-bond acceptors (Lipinski definition) is 10. The molecule has 0 atom stereocenters. The van der Waals surface area contributed by atoms with Crippen LogP contribution in [0.5, 0.6) is 0 Å². The van der Waals surface area contributed by atoms with Gasteiger partial charge in [0.05, 0.1) is 50.5 Å². The Labute approximate surface area is 138 Å². The predicted octanol–water partition coefficient (Wildman–Crippen LogP) is -3.44. The lowest BCUT2D eigenvalue weighted by Gasteiger charge is -2.26. The summed E-state index contributed by atoms with van der Waals surface area (Å²) in [6.45, 7) is -4.56. The molecule has 10 heteroatoms. The number of rotatable bonds is 12. The predicted molar refractivity (Wildman–Crippen MR) is 78.4 cm³/mol. The Morgan fingerprint density at radius 2 is 0.875 bits per heavy atom. The van der Waals surface area contributed by atoms with E-state index in [-0.39, 0.29) is 0 Å². The lowest BCUT2D eigenvalue weighted by molar-refractivity contribution is -0.148. The van der Waals surface area contributed by atoms with Crippen molar-refractivity contribution in [2.24, 2.45) is 10.8 Å². The molecular formula is C14H24O10. The molecule has 0 saturated heterocycles. The SMILES string of the molecule is O=C(C=CC(=O)OCC(CO)(CO)CO)OCC(CO)(CO)CO. The highest BCUT2D eigenvalue weighted by Gasteiger charge is 2.30. The van der Waals surface area contributed by atoms with Crippen LogP contribution < -0.4 is 0 Å². The van der Waals surface area contributed by atoms with E-state index in [0.29, 0.717) is 0 Å². The zero-order valence-corrected chi connectivity index (χ0v) is 13.1. The first-order chi connectivity index (χ1) is 11.4. The van der Waals surface area contributed by atoms with Gasteiger partial charge in [-0.3, -0.25) is 0 Å². The van der Waals surface area contributed by atoms with Gasteiger partial charge in [0.2, 0.25) is 0 Å². The minimum absolute atomic E-state index is 0.461. The summed E-state index contributed by atoms with van der Waals surface area (Å²) in [5.41, 5.74) is -2.76. The van der Waals surface area contributed by atoms with Crippen molar-refractivity contribution >= 4 is 11.9 Å². The van der Waals surface area contributed by atoms with Gasteiger partial charge in [0.15, 0.2) is 0 Å². The maximum Gasteiger partial charge on any atom is 0.331 e. The third kappa shape index (κ3) is 6.91. The molecule has 0 saturated carbocycles. The normalized spacial score (nSPS) is 12.4. The van der Waals surface area contributed by atoms with E-state index in [1.165, 1.54) is 0 Å². The van der Waals surface area contributed by atoms with E-state index < -0.39 is 75.6 Å². The second kappa shape index (κ2) is 11.1. The molecule has 0 aromatic heterocycles. The zero-order chi connectivity index (χ0) is 18.6. The quantitative estimate of drug-likeness (QED) is 0.153. The number of esters is 2.